The number of aliphatic hydroxyl groups excluding tert-OH is 1. The van der Waals surface area contributed by atoms with Crippen LogP contribution in [0.15, 0.2) is 18.2 Å². The van der Waals surface area contributed by atoms with Crippen molar-refractivity contribution in [3.63, 3.8) is 0 Å². The first-order valence-corrected chi connectivity index (χ1v) is 6.00. The van der Waals surface area contributed by atoms with Crippen LogP contribution in [0.3, 0.4) is 0 Å². The van der Waals surface area contributed by atoms with Crippen LogP contribution in [0, 0.1) is 5.92 Å². The SMILES string of the molecule is C[C@H](CO)CNCc1cccc2c1OCCO2. The number of hydrogen-bond acceptors (Lipinski definition) is 4. The van der Waals surface area contributed by atoms with Gasteiger partial charge in [-0.3, -0.25) is 0 Å². The van der Waals surface area contributed by atoms with E-state index in [-0.39, 0.29) is 12.5 Å². The summed E-state index contributed by atoms with van der Waals surface area (Å²) in [6.07, 6.45) is 0. The van der Waals surface area contributed by atoms with Gasteiger partial charge in [-0.05, 0) is 12.0 Å². The molecule has 1 atom stereocenters. The maximum atomic E-state index is 8.94. The average Bonchev–Trinajstić information content (AvgIpc) is 2.39. The molecule has 0 saturated carbocycles. The summed E-state index contributed by atoms with van der Waals surface area (Å²) < 4.78 is 11.1. The molecule has 1 aromatic carbocycles. The van der Waals surface area contributed by atoms with Crippen LogP contribution >= 0.6 is 0 Å². The van der Waals surface area contributed by atoms with E-state index >= 15 is 0 Å². The Kier molecular flexibility index (Phi) is 4.23. The number of nitrogens with one attached hydrogen (secondary N) is 1. The Morgan fingerprint density at radius 3 is 3.00 bits per heavy atom. The van der Waals surface area contributed by atoms with Gasteiger partial charge in [-0.25, -0.2) is 0 Å². The Morgan fingerprint density at radius 1 is 1.35 bits per heavy atom. The van der Waals surface area contributed by atoms with E-state index in [1.807, 2.05) is 25.1 Å². The quantitative estimate of drug-likeness (QED) is 0.807. The number of para-hydroxylation sites is 1. The van der Waals surface area contributed by atoms with Gasteiger partial charge in [-0.2, -0.15) is 0 Å². The highest BCUT2D eigenvalue weighted by atomic mass is 16.6. The van der Waals surface area contributed by atoms with E-state index in [1.54, 1.807) is 0 Å². The molecular formula is C13H19NO3. The first kappa shape index (κ1) is 12.2. The second-order valence-electron chi connectivity index (χ2n) is 4.36. The molecule has 0 aromatic heterocycles. The summed E-state index contributed by atoms with van der Waals surface area (Å²) >= 11 is 0. The zero-order valence-electron chi connectivity index (χ0n) is 10.1. The zero-order chi connectivity index (χ0) is 12.1. The van der Waals surface area contributed by atoms with Crippen molar-refractivity contribution in [3.05, 3.63) is 23.8 Å². The third kappa shape index (κ3) is 3.11. The van der Waals surface area contributed by atoms with Gasteiger partial charge in [0.1, 0.15) is 13.2 Å². The Labute approximate surface area is 102 Å². The summed E-state index contributed by atoms with van der Waals surface area (Å²) in [5, 5.41) is 12.2. The average molecular weight is 237 g/mol. The van der Waals surface area contributed by atoms with Gasteiger partial charge in [0.2, 0.25) is 0 Å². The third-order valence-corrected chi connectivity index (χ3v) is 2.77. The molecule has 0 fully saturated rings. The molecule has 0 saturated heterocycles. The maximum absolute atomic E-state index is 8.94. The molecule has 0 spiro atoms. The number of fused-ring (bicyclic) bond motifs is 1. The van der Waals surface area contributed by atoms with Gasteiger partial charge < -0.3 is 19.9 Å². The molecular weight excluding hydrogens is 218 g/mol. The van der Waals surface area contributed by atoms with Gasteiger partial charge in [-0.1, -0.05) is 19.1 Å². The van der Waals surface area contributed by atoms with E-state index in [9.17, 15) is 0 Å². The molecule has 0 amide bonds. The molecule has 1 heterocycles. The molecule has 0 radical (unpaired) electrons. The summed E-state index contributed by atoms with van der Waals surface area (Å²) in [5.41, 5.74) is 1.10. The Bertz CT molecular complexity index is 368. The number of benzene rings is 1. The van der Waals surface area contributed by atoms with Crippen molar-refractivity contribution in [2.24, 2.45) is 5.92 Å². The van der Waals surface area contributed by atoms with Crippen molar-refractivity contribution in [1.29, 1.82) is 0 Å². The Hall–Kier alpha value is -1.26. The second kappa shape index (κ2) is 5.89. The minimum absolute atomic E-state index is 0.208. The topological polar surface area (TPSA) is 50.7 Å². The van der Waals surface area contributed by atoms with Gasteiger partial charge >= 0.3 is 0 Å². The summed E-state index contributed by atoms with van der Waals surface area (Å²) in [5.74, 6) is 1.94. The summed E-state index contributed by atoms with van der Waals surface area (Å²) in [6.45, 7) is 4.97. The molecule has 94 valence electrons. The van der Waals surface area contributed by atoms with E-state index in [0.717, 1.165) is 30.2 Å². The van der Waals surface area contributed by atoms with E-state index < -0.39 is 0 Å². The fraction of sp³-hybridized carbons (Fsp3) is 0.538. The van der Waals surface area contributed by atoms with Crippen LogP contribution in [-0.4, -0.2) is 31.5 Å². The lowest BCUT2D eigenvalue weighted by Gasteiger charge is -2.21. The summed E-state index contributed by atoms with van der Waals surface area (Å²) in [7, 11) is 0. The van der Waals surface area contributed by atoms with Crippen molar-refractivity contribution in [2.45, 2.75) is 13.5 Å². The largest absolute Gasteiger partial charge is 0.486 e. The van der Waals surface area contributed by atoms with Gasteiger partial charge in [0, 0.05) is 25.3 Å². The monoisotopic (exact) mass is 237 g/mol. The lowest BCUT2D eigenvalue weighted by molar-refractivity contribution is 0.169. The predicted molar refractivity (Wildman–Crippen MR) is 65.4 cm³/mol. The molecule has 4 nitrogen and oxygen atoms in total. The van der Waals surface area contributed by atoms with Crippen LogP contribution in [0.2, 0.25) is 0 Å². The third-order valence-electron chi connectivity index (χ3n) is 2.77. The van der Waals surface area contributed by atoms with Gasteiger partial charge in [0.15, 0.2) is 11.5 Å². The van der Waals surface area contributed by atoms with Crippen LogP contribution in [0.1, 0.15) is 12.5 Å². The number of ether oxygens (including phenoxy) is 2. The highest BCUT2D eigenvalue weighted by Crippen LogP contribution is 2.33. The Morgan fingerprint density at radius 2 is 2.18 bits per heavy atom. The standard InChI is InChI=1S/C13H19NO3/c1-10(9-15)7-14-8-11-3-2-4-12-13(11)17-6-5-16-12/h2-4,10,14-15H,5-9H2,1H3/t10-/m0/s1. The van der Waals surface area contributed by atoms with Crippen LogP contribution in [-0.2, 0) is 6.54 Å². The van der Waals surface area contributed by atoms with Crippen LogP contribution in [0.5, 0.6) is 11.5 Å². The van der Waals surface area contributed by atoms with Crippen molar-refractivity contribution in [2.75, 3.05) is 26.4 Å². The predicted octanol–water partition coefficient (Wildman–Crippen LogP) is 1.18. The normalized spacial score (nSPS) is 15.6. The van der Waals surface area contributed by atoms with Crippen molar-refractivity contribution < 1.29 is 14.6 Å². The molecule has 0 unspecified atom stereocenters. The molecule has 2 rings (SSSR count). The molecule has 1 aromatic rings. The molecule has 1 aliphatic heterocycles. The smallest absolute Gasteiger partial charge is 0.165 e. The summed E-state index contributed by atoms with van der Waals surface area (Å²) in [4.78, 5) is 0. The van der Waals surface area contributed by atoms with Crippen LogP contribution in [0.25, 0.3) is 0 Å². The lowest BCUT2D eigenvalue weighted by Crippen LogP contribution is -2.24. The molecule has 2 N–H and O–H groups in total. The lowest BCUT2D eigenvalue weighted by atomic mass is 10.1. The molecule has 0 aliphatic carbocycles. The van der Waals surface area contributed by atoms with Crippen molar-refractivity contribution in [3.8, 4) is 11.5 Å². The van der Waals surface area contributed by atoms with Gasteiger partial charge in [-0.15, -0.1) is 0 Å². The van der Waals surface area contributed by atoms with Gasteiger partial charge in [0.25, 0.3) is 0 Å². The first-order valence-electron chi connectivity index (χ1n) is 6.00. The van der Waals surface area contributed by atoms with E-state index in [4.69, 9.17) is 14.6 Å². The van der Waals surface area contributed by atoms with Crippen molar-refractivity contribution in [1.82, 2.24) is 5.32 Å². The summed E-state index contributed by atoms with van der Waals surface area (Å²) in [6, 6.07) is 5.93. The minimum atomic E-state index is 0.208. The van der Waals surface area contributed by atoms with Crippen LogP contribution in [0.4, 0.5) is 0 Å². The van der Waals surface area contributed by atoms with E-state index in [0.29, 0.717) is 13.2 Å². The number of aliphatic hydroxyl groups is 1. The second-order valence-corrected chi connectivity index (χ2v) is 4.36. The Balaban J connectivity index is 1.96. The molecule has 1 aliphatic rings. The molecule has 17 heavy (non-hydrogen) atoms. The number of hydrogen-bond donors (Lipinski definition) is 2. The highest BCUT2D eigenvalue weighted by Gasteiger charge is 2.15. The zero-order valence-corrected chi connectivity index (χ0v) is 10.1. The van der Waals surface area contributed by atoms with Crippen molar-refractivity contribution >= 4 is 0 Å². The number of rotatable bonds is 5. The van der Waals surface area contributed by atoms with Crippen LogP contribution < -0.4 is 14.8 Å². The highest BCUT2D eigenvalue weighted by molar-refractivity contribution is 5.47. The fourth-order valence-corrected chi connectivity index (χ4v) is 1.79. The van der Waals surface area contributed by atoms with E-state index in [2.05, 4.69) is 5.32 Å². The maximum Gasteiger partial charge on any atom is 0.165 e. The molecule has 4 heteroatoms. The first-order chi connectivity index (χ1) is 8.31. The van der Waals surface area contributed by atoms with Gasteiger partial charge in [0.05, 0.1) is 0 Å². The molecule has 0 bridgehead atoms. The fourth-order valence-electron chi connectivity index (χ4n) is 1.79. The minimum Gasteiger partial charge on any atom is -0.486 e. The van der Waals surface area contributed by atoms with E-state index in [1.165, 1.54) is 0 Å².